The summed E-state index contributed by atoms with van der Waals surface area (Å²) in [4.78, 5) is 24.4. The number of anilines is 1. The van der Waals surface area contributed by atoms with Crippen LogP contribution in [0.25, 0.3) is 10.9 Å². The molecule has 1 aliphatic carbocycles. The van der Waals surface area contributed by atoms with Crippen molar-refractivity contribution in [2.45, 2.75) is 50.4 Å². The predicted octanol–water partition coefficient (Wildman–Crippen LogP) is 2.27. The lowest BCUT2D eigenvalue weighted by atomic mass is 9.84. The number of nitrogens with one attached hydrogen (secondary N) is 2. The van der Waals surface area contributed by atoms with E-state index >= 15 is 0 Å². The van der Waals surface area contributed by atoms with Crippen molar-refractivity contribution in [2.24, 2.45) is 5.92 Å². The van der Waals surface area contributed by atoms with Gasteiger partial charge in [0.2, 0.25) is 12.3 Å². The highest BCUT2D eigenvalue weighted by Crippen LogP contribution is 2.33. The molecule has 4 rings (SSSR count). The van der Waals surface area contributed by atoms with Crippen molar-refractivity contribution >= 4 is 22.6 Å². The molecule has 2 aliphatic rings. The van der Waals surface area contributed by atoms with Crippen LogP contribution in [0.2, 0.25) is 0 Å². The molecule has 1 aromatic heterocycles. The number of hydrogen-bond donors (Lipinski definition) is 3. The van der Waals surface area contributed by atoms with Crippen LogP contribution in [0, 0.1) is 5.92 Å². The van der Waals surface area contributed by atoms with Crippen LogP contribution >= 0.6 is 0 Å². The minimum atomic E-state index is -4.48. The smallest absolute Gasteiger partial charge is 0.360 e. The Kier molecular flexibility index (Phi) is 8.28. The average Bonchev–Trinajstić information content (AvgIpc) is 2.82. The van der Waals surface area contributed by atoms with Gasteiger partial charge in [-0.2, -0.15) is 13.2 Å². The SMILES string of the molecule is CN(C)C(O)OCC1CCC(N2CC(NC(=O)CNc3ncnc4ccc(C(F)(F)F)cc34)C2)CC1. The number of benzene rings is 1. The molecule has 0 spiro atoms. The molecule has 1 aliphatic heterocycles. The predicted molar refractivity (Wildman–Crippen MR) is 128 cm³/mol. The number of likely N-dealkylation sites (tertiary alicyclic amines) is 1. The number of carbonyl (C=O) groups excluding carboxylic acids is 1. The summed E-state index contributed by atoms with van der Waals surface area (Å²) in [5.74, 6) is 0.401. The summed E-state index contributed by atoms with van der Waals surface area (Å²) >= 11 is 0. The molecule has 2 fully saturated rings. The molecule has 2 heterocycles. The van der Waals surface area contributed by atoms with Crippen LogP contribution in [0.1, 0.15) is 31.2 Å². The molecule has 12 heteroatoms. The molecular weight excluding hydrogens is 477 g/mol. The summed E-state index contributed by atoms with van der Waals surface area (Å²) in [5, 5.41) is 15.8. The van der Waals surface area contributed by atoms with E-state index in [0.29, 0.717) is 24.1 Å². The van der Waals surface area contributed by atoms with Crippen molar-refractivity contribution in [2.75, 3.05) is 45.7 Å². The minimum absolute atomic E-state index is 0.0505. The fourth-order valence-electron chi connectivity index (χ4n) is 4.77. The highest BCUT2D eigenvalue weighted by molar-refractivity contribution is 5.91. The fourth-order valence-corrected chi connectivity index (χ4v) is 4.77. The number of amides is 1. The maximum absolute atomic E-state index is 13.1. The summed E-state index contributed by atoms with van der Waals surface area (Å²) in [6, 6.07) is 3.80. The van der Waals surface area contributed by atoms with Crippen LogP contribution in [0.4, 0.5) is 19.0 Å². The van der Waals surface area contributed by atoms with Gasteiger partial charge in [-0.25, -0.2) is 9.97 Å². The van der Waals surface area contributed by atoms with Crippen LogP contribution in [0.5, 0.6) is 0 Å². The van der Waals surface area contributed by atoms with E-state index in [1.807, 2.05) is 0 Å². The molecule has 2 aromatic rings. The van der Waals surface area contributed by atoms with Gasteiger partial charge in [0.25, 0.3) is 0 Å². The Morgan fingerprint density at radius 1 is 1.22 bits per heavy atom. The van der Waals surface area contributed by atoms with E-state index in [1.54, 1.807) is 19.0 Å². The highest BCUT2D eigenvalue weighted by Gasteiger charge is 2.35. The number of halogens is 3. The average molecular weight is 511 g/mol. The Balaban J connectivity index is 1.19. The van der Waals surface area contributed by atoms with Gasteiger partial charge in [-0.05, 0) is 63.9 Å². The van der Waals surface area contributed by atoms with Crippen molar-refractivity contribution in [3.8, 4) is 0 Å². The Hall–Kier alpha value is -2.54. The molecule has 1 amide bonds. The summed E-state index contributed by atoms with van der Waals surface area (Å²) < 4.78 is 44.7. The first-order valence-electron chi connectivity index (χ1n) is 12.2. The molecule has 198 valence electrons. The second-order valence-electron chi connectivity index (χ2n) is 9.82. The van der Waals surface area contributed by atoms with Crippen molar-refractivity contribution < 1.29 is 27.8 Å². The first-order valence-corrected chi connectivity index (χ1v) is 12.2. The maximum Gasteiger partial charge on any atom is 0.416 e. The zero-order chi connectivity index (χ0) is 25.9. The van der Waals surface area contributed by atoms with Gasteiger partial charge in [0.15, 0.2) is 0 Å². The van der Waals surface area contributed by atoms with E-state index in [1.165, 1.54) is 12.4 Å². The van der Waals surface area contributed by atoms with Gasteiger partial charge in [0.1, 0.15) is 12.1 Å². The maximum atomic E-state index is 13.1. The summed E-state index contributed by atoms with van der Waals surface area (Å²) in [7, 11) is 3.53. The standard InChI is InChI=1S/C24H33F3N6O3/c1-32(2)23(35)36-13-15-3-6-18(7-4-15)33-11-17(12-33)31-21(34)10-28-22-19-9-16(24(25,26)27)5-8-20(19)29-14-30-22/h5,8-9,14-15,17-18,23,35H,3-4,6-7,10-13H2,1-2H3,(H,31,34)(H,28,29,30). The summed E-state index contributed by atoms with van der Waals surface area (Å²) in [6.45, 7) is 2.02. The largest absolute Gasteiger partial charge is 0.416 e. The number of aromatic nitrogens is 2. The van der Waals surface area contributed by atoms with Crippen LogP contribution in [0.3, 0.4) is 0 Å². The molecule has 1 atom stereocenters. The quantitative estimate of drug-likeness (QED) is 0.442. The molecule has 3 N–H and O–H groups in total. The van der Waals surface area contributed by atoms with Crippen LogP contribution in [0.15, 0.2) is 24.5 Å². The second-order valence-corrected chi connectivity index (χ2v) is 9.82. The topological polar surface area (TPSA) is 103 Å². The van der Waals surface area contributed by atoms with Crippen molar-refractivity contribution in [1.82, 2.24) is 25.1 Å². The van der Waals surface area contributed by atoms with Crippen molar-refractivity contribution in [1.29, 1.82) is 0 Å². The van der Waals surface area contributed by atoms with E-state index in [-0.39, 0.29) is 29.7 Å². The van der Waals surface area contributed by atoms with Gasteiger partial charge in [-0.3, -0.25) is 14.6 Å². The van der Waals surface area contributed by atoms with E-state index in [4.69, 9.17) is 4.74 Å². The molecule has 0 radical (unpaired) electrons. The third kappa shape index (κ3) is 6.61. The number of alkyl halides is 3. The first-order chi connectivity index (χ1) is 17.1. The second kappa shape index (κ2) is 11.2. The molecule has 1 aromatic carbocycles. The van der Waals surface area contributed by atoms with E-state index in [0.717, 1.165) is 50.9 Å². The van der Waals surface area contributed by atoms with Crippen LogP contribution in [-0.2, 0) is 15.7 Å². The Labute approximate surface area is 208 Å². The number of hydrogen-bond acceptors (Lipinski definition) is 8. The third-order valence-electron chi connectivity index (χ3n) is 6.91. The molecule has 0 bridgehead atoms. The number of ether oxygens (including phenoxy) is 1. The molecule has 1 unspecified atom stereocenters. The number of fused-ring (bicyclic) bond motifs is 1. The minimum Gasteiger partial charge on any atom is -0.360 e. The molecular formula is C24H33F3N6O3. The first kappa shape index (κ1) is 26.5. The molecule has 36 heavy (non-hydrogen) atoms. The number of aliphatic hydroxyl groups excluding tert-OH is 1. The van der Waals surface area contributed by atoms with Gasteiger partial charge >= 0.3 is 6.18 Å². The lowest BCUT2D eigenvalue weighted by Crippen LogP contribution is -2.63. The number of nitrogens with zero attached hydrogens (tertiary/aromatic N) is 4. The number of carbonyl (C=O) groups is 1. The van der Waals surface area contributed by atoms with E-state index < -0.39 is 18.2 Å². The van der Waals surface area contributed by atoms with Crippen molar-refractivity contribution in [3.05, 3.63) is 30.1 Å². The lowest BCUT2D eigenvalue weighted by molar-refractivity contribution is -0.186. The van der Waals surface area contributed by atoms with Gasteiger partial charge in [-0.1, -0.05) is 0 Å². The van der Waals surface area contributed by atoms with Gasteiger partial charge in [-0.15, -0.1) is 0 Å². The molecule has 1 saturated carbocycles. The number of aliphatic hydroxyl groups is 1. The zero-order valence-electron chi connectivity index (χ0n) is 20.5. The lowest BCUT2D eigenvalue weighted by Gasteiger charge is -2.46. The Morgan fingerprint density at radius 3 is 2.61 bits per heavy atom. The summed E-state index contributed by atoms with van der Waals surface area (Å²) in [6.07, 6.45) is 0.129. The van der Waals surface area contributed by atoms with Crippen LogP contribution < -0.4 is 10.6 Å². The van der Waals surface area contributed by atoms with Gasteiger partial charge in [0.05, 0.1) is 30.3 Å². The van der Waals surface area contributed by atoms with Crippen molar-refractivity contribution in [3.63, 3.8) is 0 Å². The Morgan fingerprint density at radius 2 is 1.94 bits per heavy atom. The zero-order valence-corrected chi connectivity index (χ0v) is 20.5. The molecule has 1 saturated heterocycles. The Bertz CT molecular complexity index is 1040. The van der Waals surface area contributed by atoms with Gasteiger partial charge < -0.3 is 20.5 Å². The van der Waals surface area contributed by atoms with Crippen LogP contribution in [-0.4, -0.2) is 89.6 Å². The van der Waals surface area contributed by atoms with E-state index in [2.05, 4.69) is 25.5 Å². The van der Waals surface area contributed by atoms with Gasteiger partial charge in [0, 0.05) is 24.5 Å². The van der Waals surface area contributed by atoms with E-state index in [9.17, 15) is 23.1 Å². The number of rotatable bonds is 9. The highest BCUT2D eigenvalue weighted by atomic mass is 19.4. The third-order valence-corrected chi connectivity index (χ3v) is 6.91. The monoisotopic (exact) mass is 510 g/mol. The molecule has 9 nitrogen and oxygen atoms in total. The normalized spacial score (nSPS) is 22.4. The summed E-state index contributed by atoms with van der Waals surface area (Å²) in [5.41, 5.74) is -0.426. The fraction of sp³-hybridized carbons (Fsp3) is 0.625.